The van der Waals surface area contributed by atoms with Crippen LogP contribution >= 0.6 is 11.3 Å². The number of aliphatic hydroxyl groups is 1. The molecule has 2 N–H and O–H groups in total. The maximum absolute atomic E-state index is 11.8. The molecule has 0 aliphatic heterocycles. The molecule has 1 rings (SSSR count). The van der Waals surface area contributed by atoms with Crippen LogP contribution in [-0.2, 0) is 0 Å². The van der Waals surface area contributed by atoms with Gasteiger partial charge in [-0.1, -0.05) is 18.8 Å². The highest BCUT2D eigenvalue weighted by atomic mass is 32.1. The molecule has 4 heteroatoms. The van der Waals surface area contributed by atoms with Gasteiger partial charge >= 0.3 is 0 Å². The molecule has 0 fully saturated rings. The first kappa shape index (κ1) is 13.8. The number of hydrogen-bond donors (Lipinski definition) is 2. The fraction of sp³-hybridized carbons (Fsp3) is 0.462. The van der Waals surface area contributed by atoms with E-state index in [2.05, 4.69) is 17.2 Å². The van der Waals surface area contributed by atoms with Crippen LogP contribution in [0.1, 0.15) is 41.9 Å². The highest BCUT2D eigenvalue weighted by Gasteiger charge is 2.09. The van der Waals surface area contributed by atoms with E-state index in [9.17, 15) is 4.79 Å². The Kier molecular flexibility index (Phi) is 5.75. The first-order valence-electron chi connectivity index (χ1n) is 5.66. The van der Waals surface area contributed by atoms with Crippen LogP contribution in [0, 0.1) is 11.8 Å². The SMILES string of the molecule is CCC(C)NC(=O)c1csc(C#CCCO)c1. The van der Waals surface area contributed by atoms with Crippen molar-refractivity contribution in [2.75, 3.05) is 6.61 Å². The average Bonchev–Trinajstić information content (AvgIpc) is 2.78. The van der Waals surface area contributed by atoms with Crippen molar-refractivity contribution in [3.63, 3.8) is 0 Å². The lowest BCUT2D eigenvalue weighted by atomic mass is 10.2. The predicted octanol–water partition coefficient (Wildman–Crippen LogP) is 2.01. The fourth-order valence-electron chi connectivity index (χ4n) is 1.14. The predicted molar refractivity (Wildman–Crippen MR) is 70.1 cm³/mol. The second-order valence-electron chi connectivity index (χ2n) is 3.76. The molecule has 0 spiro atoms. The lowest BCUT2D eigenvalue weighted by Crippen LogP contribution is -2.31. The molecule has 1 unspecified atom stereocenters. The zero-order chi connectivity index (χ0) is 12.7. The molecule has 0 aliphatic rings. The van der Waals surface area contributed by atoms with Crippen LogP contribution < -0.4 is 5.32 Å². The molecular formula is C13H17NO2S. The summed E-state index contributed by atoms with van der Waals surface area (Å²) in [5.74, 6) is 5.70. The van der Waals surface area contributed by atoms with Gasteiger partial charge in [0.25, 0.3) is 5.91 Å². The molecule has 0 saturated carbocycles. The van der Waals surface area contributed by atoms with Crippen LogP contribution in [0.25, 0.3) is 0 Å². The van der Waals surface area contributed by atoms with E-state index < -0.39 is 0 Å². The van der Waals surface area contributed by atoms with E-state index in [1.54, 1.807) is 11.4 Å². The Morgan fingerprint density at radius 3 is 3.06 bits per heavy atom. The minimum absolute atomic E-state index is 0.0502. The first-order valence-corrected chi connectivity index (χ1v) is 6.54. The smallest absolute Gasteiger partial charge is 0.252 e. The molecule has 1 atom stereocenters. The van der Waals surface area contributed by atoms with Gasteiger partial charge in [-0.05, 0) is 19.4 Å². The van der Waals surface area contributed by atoms with Gasteiger partial charge in [-0.3, -0.25) is 4.79 Å². The van der Waals surface area contributed by atoms with Crippen molar-refractivity contribution in [2.24, 2.45) is 0 Å². The van der Waals surface area contributed by atoms with E-state index in [4.69, 9.17) is 5.11 Å². The standard InChI is InChI=1S/C13H17NO2S/c1-3-10(2)14-13(16)11-8-12(17-9-11)6-4-5-7-15/h8-10,15H,3,5,7H2,1-2H3,(H,14,16). The van der Waals surface area contributed by atoms with Crippen LogP contribution in [0.3, 0.4) is 0 Å². The molecule has 17 heavy (non-hydrogen) atoms. The lowest BCUT2D eigenvalue weighted by Gasteiger charge is -2.09. The topological polar surface area (TPSA) is 49.3 Å². The first-order chi connectivity index (χ1) is 8.17. The van der Waals surface area contributed by atoms with Crippen molar-refractivity contribution in [3.05, 3.63) is 21.9 Å². The van der Waals surface area contributed by atoms with Gasteiger partial charge in [-0.25, -0.2) is 0 Å². The summed E-state index contributed by atoms with van der Waals surface area (Å²) in [6.45, 7) is 4.08. The number of aliphatic hydroxyl groups excluding tert-OH is 1. The van der Waals surface area contributed by atoms with E-state index in [0.717, 1.165) is 11.3 Å². The van der Waals surface area contributed by atoms with Gasteiger partial charge in [-0.2, -0.15) is 0 Å². The van der Waals surface area contributed by atoms with E-state index in [1.165, 1.54) is 11.3 Å². The molecule has 1 heterocycles. The molecular weight excluding hydrogens is 234 g/mol. The Hall–Kier alpha value is -1.31. The molecule has 3 nitrogen and oxygen atoms in total. The zero-order valence-corrected chi connectivity index (χ0v) is 10.9. The Morgan fingerprint density at radius 1 is 1.65 bits per heavy atom. The molecule has 0 bridgehead atoms. The maximum atomic E-state index is 11.8. The van der Waals surface area contributed by atoms with Crippen molar-refractivity contribution < 1.29 is 9.90 Å². The number of rotatable bonds is 4. The van der Waals surface area contributed by atoms with E-state index in [1.807, 2.05) is 13.8 Å². The third kappa shape index (κ3) is 4.59. The Balaban J connectivity index is 2.62. The number of thiophene rings is 1. The summed E-state index contributed by atoms with van der Waals surface area (Å²) in [5.41, 5.74) is 0.656. The van der Waals surface area contributed by atoms with Crippen molar-refractivity contribution in [3.8, 4) is 11.8 Å². The Morgan fingerprint density at radius 2 is 2.41 bits per heavy atom. The zero-order valence-electron chi connectivity index (χ0n) is 10.1. The molecule has 0 aliphatic carbocycles. The molecule has 0 radical (unpaired) electrons. The highest BCUT2D eigenvalue weighted by molar-refractivity contribution is 7.10. The molecule has 0 aromatic carbocycles. The summed E-state index contributed by atoms with van der Waals surface area (Å²) < 4.78 is 0. The van der Waals surface area contributed by atoms with Crippen molar-refractivity contribution in [2.45, 2.75) is 32.7 Å². The summed E-state index contributed by atoms with van der Waals surface area (Å²) in [5, 5.41) is 13.3. The van der Waals surface area contributed by atoms with E-state index in [0.29, 0.717) is 12.0 Å². The van der Waals surface area contributed by atoms with Crippen LogP contribution in [0.2, 0.25) is 0 Å². The minimum atomic E-state index is -0.0502. The largest absolute Gasteiger partial charge is 0.395 e. The molecule has 1 aromatic rings. The molecule has 1 aromatic heterocycles. The summed E-state index contributed by atoms with van der Waals surface area (Å²) >= 11 is 1.45. The van der Waals surface area contributed by atoms with Crippen LogP contribution in [0.4, 0.5) is 0 Å². The Labute approximate surface area is 106 Å². The quantitative estimate of drug-likeness (QED) is 0.804. The van der Waals surface area contributed by atoms with Crippen molar-refractivity contribution in [1.29, 1.82) is 0 Å². The van der Waals surface area contributed by atoms with Crippen LogP contribution in [-0.4, -0.2) is 23.7 Å². The lowest BCUT2D eigenvalue weighted by molar-refractivity contribution is 0.0939. The minimum Gasteiger partial charge on any atom is -0.395 e. The van der Waals surface area contributed by atoms with Crippen molar-refractivity contribution in [1.82, 2.24) is 5.32 Å². The second-order valence-corrected chi connectivity index (χ2v) is 4.67. The monoisotopic (exact) mass is 251 g/mol. The summed E-state index contributed by atoms with van der Waals surface area (Å²) in [6.07, 6.45) is 1.38. The van der Waals surface area contributed by atoms with Gasteiger partial charge in [-0.15, -0.1) is 11.3 Å². The maximum Gasteiger partial charge on any atom is 0.252 e. The normalized spacial score (nSPS) is 11.5. The van der Waals surface area contributed by atoms with E-state index >= 15 is 0 Å². The van der Waals surface area contributed by atoms with Gasteiger partial charge in [0.05, 0.1) is 17.0 Å². The van der Waals surface area contributed by atoms with E-state index in [-0.39, 0.29) is 18.6 Å². The van der Waals surface area contributed by atoms with Gasteiger partial charge in [0.15, 0.2) is 0 Å². The molecule has 0 saturated heterocycles. The number of carbonyl (C=O) groups is 1. The molecule has 92 valence electrons. The number of nitrogens with one attached hydrogen (secondary N) is 1. The molecule has 1 amide bonds. The summed E-state index contributed by atoms with van der Waals surface area (Å²) in [6, 6.07) is 1.97. The van der Waals surface area contributed by atoms with Gasteiger partial charge < -0.3 is 10.4 Å². The van der Waals surface area contributed by atoms with Gasteiger partial charge in [0.2, 0.25) is 0 Å². The number of amides is 1. The van der Waals surface area contributed by atoms with Crippen LogP contribution in [0.15, 0.2) is 11.4 Å². The van der Waals surface area contributed by atoms with Gasteiger partial charge in [0, 0.05) is 17.8 Å². The summed E-state index contributed by atoms with van der Waals surface area (Å²) in [7, 11) is 0. The fourth-order valence-corrected chi connectivity index (χ4v) is 1.89. The number of hydrogen-bond acceptors (Lipinski definition) is 3. The van der Waals surface area contributed by atoms with Crippen molar-refractivity contribution >= 4 is 17.2 Å². The van der Waals surface area contributed by atoms with Crippen LogP contribution in [0.5, 0.6) is 0 Å². The summed E-state index contributed by atoms with van der Waals surface area (Å²) in [4.78, 5) is 12.6. The third-order valence-electron chi connectivity index (χ3n) is 2.30. The number of carbonyl (C=O) groups excluding carboxylic acids is 1. The Bertz CT molecular complexity index is 428. The second kappa shape index (κ2) is 7.10. The third-order valence-corrected chi connectivity index (χ3v) is 3.15. The highest BCUT2D eigenvalue weighted by Crippen LogP contribution is 2.13. The average molecular weight is 251 g/mol. The van der Waals surface area contributed by atoms with Gasteiger partial charge in [0.1, 0.15) is 0 Å².